The van der Waals surface area contributed by atoms with Gasteiger partial charge in [-0.2, -0.15) is 0 Å². The quantitative estimate of drug-likeness (QED) is 0.709. The van der Waals surface area contributed by atoms with Crippen molar-refractivity contribution in [1.29, 1.82) is 0 Å². The lowest BCUT2D eigenvalue weighted by molar-refractivity contribution is -0.858. The molecular weight excluding hydrogens is 316 g/mol. The molecule has 25 heavy (non-hydrogen) atoms. The Kier molecular flexibility index (Phi) is 6.88. The molecule has 1 aromatic heterocycles. The molecule has 0 saturated heterocycles. The average molecular weight is 347 g/mol. The molecule has 5 heteroatoms. The minimum Gasteiger partial charge on any atom is -0.488 e. The lowest BCUT2D eigenvalue weighted by Gasteiger charge is -2.10. The number of hydrogen-bond acceptors (Lipinski definition) is 3. The predicted octanol–water partition coefficient (Wildman–Crippen LogP) is 2.45. The summed E-state index contributed by atoms with van der Waals surface area (Å²) in [7, 11) is 4.20. The van der Waals surface area contributed by atoms with E-state index in [4.69, 9.17) is 9.47 Å². The molecule has 1 heterocycles. The van der Waals surface area contributed by atoms with Crippen LogP contribution < -0.4 is 9.64 Å². The summed E-state index contributed by atoms with van der Waals surface area (Å²) < 4.78 is 13.4. The van der Waals surface area contributed by atoms with Gasteiger partial charge >= 0.3 is 5.97 Å². The molecule has 0 atom stereocenters. The number of aryl methyl sites for hydroxylation is 1. The summed E-state index contributed by atoms with van der Waals surface area (Å²) in [4.78, 5) is 13.8. The number of carbonyl (C=O) groups is 1. The summed E-state index contributed by atoms with van der Waals surface area (Å²) in [6, 6.07) is 6.02. The van der Waals surface area contributed by atoms with E-state index in [2.05, 4.69) is 31.7 Å². The molecular formula is C20H31N2O3+. The molecule has 0 bridgehead atoms. The van der Waals surface area contributed by atoms with Gasteiger partial charge in [0.25, 0.3) is 0 Å². The highest BCUT2D eigenvalue weighted by Gasteiger charge is 2.21. The van der Waals surface area contributed by atoms with E-state index in [1.807, 2.05) is 26.0 Å². The van der Waals surface area contributed by atoms with Gasteiger partial charge in [0.15, 0.2) is 0 Å². The largest absolute Gasteiger partial charge is 0.488 e. The van der Waals surface area contributed by atoms with Crippen molar-refractivity contribution in [2.45, 2.75) is 40.2 Å². The fourth-order valence-corrected chi connectivity index (χ4v) is 2.99. The Morgan fingerprint density at radius 3 is 2.64 bits per heavy atom. The molecule has 2 rings (SSSR count). The van der Waals surface area contributed by atoms with E-state index in [9.17, 15) is 4.79 Å². The number of nitrogens with zero attached hydrogens (tertiary/aromatic N) is 1. The zero-order valence-corrected chi connectivity index (χ0v) is 16.1. The van der Waals surface area contributed by atoms with Gasteiger partial charge in [-0.15, -0.1) is 0 Å². The first-order valence-electron chi connectivity index (χ1n) is 9.21. The van der Waals surface area contributed by atoms with Crippen LogP contribution in [0, 0.1) is 6.92 Å². The second-order valence-corrected chi connectivity index (χ2v) is 6.67. The van der Waals surface area contributed by atoms with Crippen molar-refractivity contribution < 1.29 is 19.2 Å². The first-order chi connectivity index (χ1) is 12.0. The van der Waals surface area contributed by atoms with Crippen LogP contribution >= 0.6 is 0 Å². The number of nitrogens with one attached hydrogen (secondary N) is 1. The lowest BCUT2D eigenvalue weighted by atomic mass is 10.1. The molecule has 0 fully saturated rings. The number of quaternary nitrogens is 1. The van der Waals surface area contributed by atoms with Crippen molar-refractivity contribution in [2.75, 3.05) is 33.9 Å². The highest BCUT2D eigenvalue weighted by molar-refractivity contribution is 6.06. The van der Waals surface area contributed by atoms with Crippen molar-refractivity contribution in [2.24, 2.45) is 0 Å². The van der Waals surface area contributed by atoms with E-state index < -0.39 is 0 Å². The van der Waals surface area contributed by atoms with Crippen LogP contribution in [0.3, 0.4) is 0 Å². The van der Waals surface area contributed by atoms with Crippen LogP contribution in [0.5, 0.6) is 5.75 Å². The molecule has 2 aromatic rings. The third kappa shape index (κ3) is 4.54. The third-order valence-corrected chi connectivity index (χ3v) is 4.38. The van der Waals surface area contributed by atoms with Gasteiger partial charge in [-0.1, -0.05) is 13.3 Å². The summed E-state index contributed by atoms with van der Waals surface area (Å²) in [5.41, 5.74) is 2.70. The molecule has 0 radical (unpaired) electrons. The van der Waals surface area contributed by atoms with Crippen LogP contribution in [-0.4, -0.2) is 44.4 Å². The van der Waals surface area contributed by atoms with E-state index in [0.29, 0.717) is 18.8 Å². The van der Waals surface area contributed by atoms with Gasteiger partial charge in [-0.3, -0.25) is 0 Å². The van der Waals surface area contributed by atoms with E-state index in [1.165, 1.54) is 4.90 Å². The zero-order valence-electron chi connectivity index (χ0n) is 16.1. The van der Waals surface area contributed by atoms with Gasteiger partial charge in [0, 0.05) is 23.1 Å². The first-order valence-corrected chi connectivity index (χ1v) is 9.21. The second-order valence-electron chi connectivity index (χ2n) is 6.67. The van der Waals surface area contributed by atoms with Crippen molar-refractivity contribution in [3.8, 4) is 5.75 Å². The number of fused-ring (bicyclic) bond motifs is 1. The maximum Gasteiger partial charge on any atom is 0.340 e. The van der Waals surface area contributed by atoms with Crippen LogP contribution in [0.2, 0.25) is 0 Å². The predicted molar refractivity (Wildman–Crippen MR) is 101 cm³/mol. The topological polar surface area (TPSA) is 44.9 Å². The van der Waals surface area contributed by atoms with Crippen LogP contribution in [0.15, 0.2) is 18.2 Å². The molecule has 0 aliphatic carbocycles. The van der Waals surface area contributed by atoms with Crippen LogP contribution in [-0.2, 0) is 11.3 Å². The molecule has 138 valence electrons. The lowest BCUT2D eigenvalue weighted by Crippen LogP contribution is -3.06. The summed E-state index contributed by atoms with van der Waals surface area (Å²) in [5.74, 6) is 0.544. The Morgan fingerprint density at radius 2 is 2.00 bits per heavy atom. The molecule has 1 aromatic carbocycles. The highest BCUT2D eigenvalue weighted by atomic mass is 16.5. The van der Waals surface area contributed by atoms with Gasteiger partial charge in [0.05, 0.1) is 26.3 Å². The van der Waals surface area contributed by atoms with Gasteiger partial charge in [-0.05, 0) is 38.5 Å². The molecule has 0 aliphatic heterocycles. The minimum atomic E-state index is -0.255. The number of esters is 1. The number of rotatable bonds is 9. The Morgan fingerprint density at radius 1 is 1.24 bits per heavy atom. The number of ether oxygens (including phenoxy) is 2. The third-order valence-electron chi connectivity index (χ3n) is 4.38. The molecule has 0 spiro atoms. The van der Waals surface area contributed by atoms with Gasteiger partial charge in [-0.25, -0.2) is 4.79 Å². The van der Waals surface area contributed by atoms with Crippen molar-refractivity contribution in [3.63, 3.8) is 0 Å². The summed E-state index contributed by atoms with van der Waals surface area (Å²) >= 11 is 0. The second kappa shape index (κ2) is 8.90. The Hall–Kier alpha value is -2.01. The average Bonchev–Trinajstić information content (AvgIpc) is 2.83. The Balaban J connectivity index is 2.42. The van der Waals surface area contributed by atoms with Gasteiger partial charge in [0.2, 0.25) is 0 Å². The monoisotopic (exact) mass is 347 g/mol. The highest BCUT2D eigenvalue weighted by Crippen LogP contribution is 2.30. The maximum absolute atomic E-state index is 12.5. The Labute approximate surface area is 150 Å². The fraction of sp³-hybridized carbons (Fsp3) is 0.550. The molecule has 5 nitrogen and oxygen atoms in total. The number of benzene rings is 1. The molecule has 0 amide bonds. The fourth-order valence-electron chi connectivity index (χ4n) is 2.99. The van der Waals surface area contributed by atoms with Crippen LogP contribution in [0.25, 0.3) is 10.9 Å². The molecule has 1 N–H and O–H groups in total. The summed E-state index contributed by atoms with van der Waals surface area (Å²) in [5, 5.41) is 0.918. The summed E-state index contributed by atoms with van der Waals surface area (Å²) in [6.45, 7) is 8.87. The minimum absolute atomic E-state index is 0.255. The van der Waals surface area contributed by atoms with Crippen molar-refractivity contribution in [1.82, 2.24) is 4.57 Å². The van der Waals surface area contributed by atoms with Crippen molar-refractivity contribution >= 4 is 16.9 Å². The molecule has 0 aliphatic rings. The van der Waals surface area contributed by atoms with Crippen LogP contribution in [0.1, 0.15) is 42.7 Å². The van der Waals surface area contributed by atoms with E-state index in [-0.39, 0.29) is 5.97 Å². The molecule has 0 saturated carbocycles. The van der Waals surface area contributed by atoms with Gasteiger partial charge in [0.1, 0.15) is 18.9 Å². The Bertz CT molecular complexity index is 719. The van der Waals surface area contributed by atoms with E-state index >= 15 is 0 Å². The number of aromatic nitrogens is 1. The number of hydrogen-bond donors (Lipinski definition) is 1. The standard InChI is InChI=1S/C20H30N2O3/c1-6-8-11-22-15(3)19(20(23)24-7-2)17-14-16(9-10-18(17)22)25-13-12-21(4)5/h9-10,14H,6-8,11-13H2,1-5H3/p+1. The zero-order chi connectivity index (χ0) is 18.4. The number of carbonyl (C=O) groups excluding carboxylic acids is 1. The SMILES string of the molecule is CCCCn1c(C)c(C(=O)OCC)c2cc(OCC[NH+](C)C)ccc21. The normalized spacial score (nSPS) is 11.3. The smallest absolute Gasteiger partial charge is 0.340 e. The van der Waals surface area contributed by atoms with E-state index in [0.717, 1.165) is 48.3 Å². The summed E-state index contributed by atoms with van der Waals surface area (Å²) in [6.07, 6.45) is 2.19. The molecule has 0 unspecified atom stereocenters. The number of unbranched alkanes of at least 4 members (excludes halogenated alkanes) is 1. The number of likely N-dealkylation sites (N-methyl/N-ethyl adjacent to an activating group) is 1. The first kappa shape index (κ1) is 19.3. The van der Waals surface area contributed by atoms with Gasteiger partial charge < -0.3 is 18.9 Å². The van der Waals surface area contributed by atoms with Crippen molar-refractivity contribution in [3.05, 3.63) is 29.5 Å². The maximum atomic E-state index is 12.5. The van der Waals surface area contributed by atoms with E-state index in [1.54, 1.807) is 0 Å². The van der Waals surface area contributed by atoms with Crippen LogP contribution in [0.4, 0.5) is 0 Å².